The average Bonchev–Trinajstić information content (AvgIpc) is 2.01. The fraction of sp³-hybridized carbons (Fsp3) is 0.909. The van der Waals surface area contributed by atoms with Gasteiger partial charge in [-0.3, -0.25) is 4.79 Å². The van der Waals surface area contributed by atoms with Gasteiger partial charge in [-0.05, 0) is 26.2 Å². The summed E-state index contributed by atoms with van der Waals surface area (Å²) in [6, 6.07) is 0. The summed E-state index contributed by atoms with van der Waals surface area (Å²) in [5.74, 6) is 0.814. The van der Waals surface area contributed by atoms with Crippen molar-refractivity contribution in [1.29, 1.82) is 0 Å². The Balaban J connectivity index is 3.77. The summed E-state index contributed by atoms with van der Waals surface area (Å²) in [5, 5.41) is 0. The van der Waals surface area contributed by atoms with Crippen LogP contribution >= 0.6 is 0 Å². The number of rotatable bonds is 6. The first-order chi connectivity index (χ1) is 5.97. The van der Waals surface area contributed by atoms with Gasteiger partial charge in [-0.25, -0.2) is 0 Å². The standard InChI is InChI=1S/C11H22O2/c1-6-11(12)10(5)13-9(4)7-8(2)3/h8-10H,6-7H2,1-5H3. The third kappa shape index (κ3) is 5.81. The fourth-order valence-electron chi connectivity index (χ4n) is 1.43. The lowest BCUT2D eigenvalue weighted by Crippen LogP contribution is -2.25. The number of ether oxygens (including phenoxy) is 1. The minimum Gasteiger partial charge on any atom is -0.368 e. The Hall–Kier alpha value is -0.370. The molecule has 0 aromatic carbocycles. The van der Waals surface area contributed by atoms with Crippen LogP contribution in [0.25, 0.3) is 0 Å². The van der Waals surface area contributed by atoms with Crippen LogP contribution in [0.3, 0.4) is 0 Å². The second-order valence-electron chi connectivity index (χ2n) is 4.04. The van der Waals surface area contributed by atoms with Crippen LogP contribution in [0.15, 0.2) is 0 Å². The molecule has 13 heavy (non-hydrogen) atoms. The van der Waals surface area contributed by atoms with Gasteiger partial charge in [0.05, 0.1) is 6.10 Å². The molecular formula is C11H22O2. The van der Waals surface area contributed by atoms with Crippen LogP contribution in [0.5, 0.6) is 0 Å². The van der Waals surface area contributed by atoms with Gasteiger partial charge in [0, 0.05) is 6.42 Å². The summed E-state index contributed by atoms with van der Waals surface area (Å²) in [5.41, 5.74) is 0. The smallest absolute Gasteiger partial charge is 0.161 e. The maximum atomic E-state index is 11.2. The normalized spacial score (nSPS) is 15.8. The van der Waals surface area contributed by atoms with Crippen LogP contribution in [-0.4, -0.2) is 18.0 Å². The summed E-state index contributed by atoms with van der Waals surface area (Å²) in [7, 11) is 0. The van der Waals surface area contributed by atoms with Crippen molar-refractivity contribution >= 4 is 5.78 Å². The Bertz CT molecular complexity index is 152. The maximum absolute atomic E-state index is 11.2. The lowest BCUT2D eigenvalue weighted by molar-refractivity contribution is -0.132. The third-order valence-corrected chi connectivity index (χ3v) is 2.04. The average molecular weight is 186 g/mol. The summed E-state index contributed by atoms with van der Waals surface area (Å²) in [6.45, 7) is 10.1. The Kier molecular flexibility index (Phi) is 5.97. The molecule has 0 N–H and O–H groups in total. The molecule has 78 valence electrons. The zero-order chi connectivity index (χ0) is 10.4. The molecule has 2 atom stereocenters. The minimum absolute atomic E-state index is 0.186. The molecule has 0 radical (unpaired) electrons. The highest BCUT2D eigenvalue weighted by molar-refractivity contribution is 5.82. The molecule has 0 rings (SSSR count). The van der Waals surface area contributed by atoms with Gasteiger partial charge in [0.15, 0.2) is 5.78 Å². The van der Waals surface area contributed by atoms with E-state index in [0.717, 1.165) is 6.42 Å². The summed E-state index contributed by atoms with van der Waals surface area (Å²) >= 11 is 0. The van der Waals surface area contributed by atoms with Crippen molar-refractivity contribution in [1.82, 2.24) is 0 Å². The highest BCUT2D eigenvalue weighted by Crippen LogP contribution is 2.10. The van der Waals surface area contributed by atoms with E-state index >= 15 is 0 Å². The van der Waals surface area contributed by atoms with Gasteiger partial charge < -0.3 is 4.74 Å². The minimum atomic E-state index is -0.237. The van der Waals surface area contributed by atoms with E-state index in [2.05, 4.69) is 13.8 Å². The third-order valence-electron chi connectivity index (χ3n) is 2.04. The molecule has 0 spiro atoms. The van der Waals surface area contributed by atoms with Crippen molar-refractivity contribution in [3.8, 4) is 0 Å². The molecule has 0 fully saturated rings. The van der Waals surface area contributed by atoms with E-state index in [0.29, 0.717) is 12.3 Å². The highest BCUT2D eigenvalue weighted by atomic mass is 16.5. The molecular weight excluding hydrogens is 164 g/mol. The molecule has 0 aliphatic heterocycles. The Labute approximate surface area is 81.7 Å². The number of hydrogen-bond donors (Lipinski definition) is 0. The van der Waals surface area contributed by atoms with Crippen molar-refractivity contribution in [2.24, 2.45) is 5.92 Å². The summed E-state index contributed by atoms with van der Waals surface area (Å²) in [4.78, 5) is 11.2. The molecule has 2 nitrogen and oxygen atoms in total. The fourth-order valence-corrected chi connectivity index (χ4v) is 1.43. The van der Waals surface area contributed by atoms with Crippen LogP contribution in [0.1, 0.15) is 47.5 Å². The number of hydrogen-bond acceptors (Lipinski definition) is 2. The van der Waals surface area contributed by atoms with E-state index in [9.17, 15) is 4.79 Å². The van der Waals surface area contributed by atoms with Crippen LogP contribution in [-0.2, 0) is 9.53 Å². The number of Topliss-reactive ketones (excluding diaryl/α,β-unsaturated/α-hetero) is 1. The highest BCUT2D eigenvalue weighted by Gasteiger charge is 2.15. The molecule has 2 heteroatoms. The Morgan fingerprint density at radius 2 is 1.77 bits per heavy atom. The van der Waals surface area contributed by atoms with Gasteiger partial charge in [-0.15, -0.1) is 0 Å². The predicted molar refractivity (Wildman–Crippen MR) is 54.8 cm³/mol. The first kappa shape index (κ1) is 12.6. The van der Waals surface area contributed by atoms with Crippen LogP contribution in [0, 0.1) is 5.92 Å². The quantitative estimate of drug-likeness (QED) is 0.637. The largest absolute Gasteiger partial charge is 0.368 e. The second-order valence-corrected chi connectivity index (χ2v) is 4.04. The monoisotopic (exact) mass is 186 g/mol. The van der Waals surface area contributed by atoms with Crippen molar-refractivity contribution in [2.75, 3.05) is 0 Å². The SMILES string of the molecule is CCC(=O)C(C)OC(C)CC(C)C. The molecule has 0 amide bonds. The second kappa shape index (κ2) is 6.14. The molecule has 0 aromatic rings. The van der Waals surface area contributed by atoms with E-state index in [1.807, 2.05) is 20.8 Å². The van der Waals surface area contributed by atoms with Crippen molar-refractivity contribution in [2.45, 2.75) is 59.7 Å². The van der Waals surface area contributed by atoms with Crippen LogP contribution < -0.4 is 0 Å². The molecule has 0 saturated heterocycles. The van der Waals surface area contributed by atoms with Crippen molar-refractivity contribution in [3.63, 3.8) is 0 Å². The van der Waals surface area contributed by atoms with E-state index in [1.54, 1.807) is 0 Å². The number of ketones is 1. The maximum Gasteiger partial charge on any atom is 0.161 e. The molecule has 0 heterocycles. The topological polar surface area (TPSA) is 26.3 Å². The lowest BCUT2D eigenvalue weighted by atomic mass is 10.1. The van der Waals surface area contributed by atoms with E-state index in [1.165, 1.54) is 0 Å². The van der Waals surface area contributed by atoms with Crippen molar-refractivity contribution < 1.29 is 9.53 Å². The van der Waals surface area contributed by atoms with Crippen LogP contribution in [0.4, 0.5) is 0 Å². The summed E-state index contributed by atoms with van der Waals surface area (Å²) in [6.07, 6.45) is 1.53. The molecule has 0 bridgehead atoms. The van der Waals surface area contributed by atoms with Gasteiger partial charge in [0.1, 0.15) is 6.10 Å². The molecule has 2 unspecified atom stereocenters. The first-order valence-electron chi connectivity index (χ1n) is 5.15. The molecule has 0 aliphatic carbocycles. The Morgan fingerprint density at radius 1 is 1.23 bits per heavy atom. The number of carbonyl (C=O) groups excluding carboxylic acids is 1. The number of carbonyl (C=O) groups is 1. The Morgan fingerprint density at radius 3 is 2.15 bits per heavy atom. The molecule has 0 saturated carbocycles. The van der Waals surface area contributed by atoms with Crippen LogP contribution in [0.2, 0.25) is 0 Å². The molecule has 0 aromatic heterocycles. The van der Waals surface area contributed by atoms with E-state index < -0.39 is 0 Å². The zero-order valence-electron chi connectivity index (χ0n) is 9.46. The molecule has 0 aliphatic rings. The first-order valence-corrected chi connectivity index (χ1v) is 5.15. The van der Waals surface area contributed by atoms with Gasteiger partial charge in [-0.2, -0.15) is 0 Å². The summed E-state index contributed by atoms with van der Waals surface area (Å²) < 4.78 is 5.56. The zero-order valence-corrected chi connectivity index (χ0v) is 9.46. The van der Waals surface area contributed by atoms with E-state index in [-0.39, 0.29) is 18.0 Å². The van der Waals surface area contributed by atoms with Gasteiger partial charge in [0.2, 0.25) is 0 Å². The lowest BCUT2D eigenvalue weighted by Gasteiger charge is -2.19. The van der Waals surface area contributed by atoms with Gasteiger partial charge in [-0.1, -0.05) is 20.8 Å². The predicted octanol–water partition coefficient (Wildman–Crippen LogP) is 2.81. The van der Waals surface area contributed by atoms with E-state index in [4.69, 9.17) is 4.74 Å². The van der Waals surface area contributed by atoms with Gasteiger partial charge >= 0.3 is 0 Å². The van der Waals surface area contributed by atoms with Crippen molar-refractivity contribution in [3.05, 3.63) is 0 Å². The van der Waals surface area contributed by atoms with Gasteiger partial charge in [0.25, 0.3) is 0 Å².